The van der Waals surface area contributed by atoms with E-state index in [0.717, 1.165) is 13.0 Å². The molecule has 0 saturated carbocycles. The maximum absolute atomic E-state index is 5.78. The Morgan fingerprint density at radius 2 is 2.31 bits per heavy atom. The molecule has 5 nitrogen and oxygen atoms in total. The Hall–Kier alpha value is -1.14. The molecule has 0 aliphatic heterocycles. The van der Waals surface area contributed by atoms with Gasteiger partial charge in [0.1, 0.15) is 5.15 Å². The van der Waals surface area contributed by atoms with Gasteiger partial charge in [-0.2, -0.15) is 4.98 Å². The lowest BCUT2D eigenvalue weighted by Gasteiger charge is -2.09. The van der Waals surface area contributed by atoms with Crippen molar-refractivity contribution in [2.24, 2.45) is 0 Å². The zero-order valence-electron chi connectivity index (χ0n) is 9.08. The van der Waals surface area contributed by atoms with Crippen LogP contribution < -0.4 is 15.4 Å². The molecule has 0 aliphatic rings. The van der Waals surface area contributed by atoms with Crippen molar-refractivity contribution >= 4 is 34.9 Å². The predicted octanol–water partition coefficient (Wildman–Crippen LogP) is 1.83. The van der Waals surface area contributed by atoms with Gasteiger partial charge in [-0.05, 0) is 18.6 Å². The summed E-state index contributed by atoms with van der Waals surface area (Å²) >= 11 is 10.8. The van der Waals surface area contributed by atoms with E-state index in [1.54, 1.807) is 0 Å². The summed E-state index contributed by atoms with van der Waals surface area (Å²) in [6.07, 6.45) is 0.988. The number of thiocarbonyl (C=S) groups is 1. The number of ether oxygens (including phenoxy) is 1. The van der Waals surface area contributed by atoms with Crippen LogP contribution in [0.1, 0.15) is 13.3 Å². The van der Waals surface area contributed by atoms with Gasteiger partial charge in [0.25, 0.3) is 0 Å². The topological polar surface area (TPSA) is 59.1 Å². The molecule has 0 spiro atoms. The summed E-state index contributed by atoms with van der Waals surface area (Å²) in [5, 5.41) is 6.58. The third-order valence-electron chi connectivity index (χ3n) is 1.64. The fraction of sp³-hybridized carbons (Fsp3) is 0.444. The maximum atomic E-state index is 5.78. The van der Waals surface area contributed by atoms with Gasteiger partial charge in [-0.15, -0.1) is 0 Å². The number of nitrogens with one attached hydrogen (secondary N) is 2. The summed E-state index contributed by atoms with van der Waals surface area (Å²) in [7, 11) is 1.51. The summed E-state index contributed by atoms with van der Waals surface area (Å²) in [6, 6.07) is 1.52. The molecule has 0 amide bonds. The van der Waals surface area contributed by atoms with Crippen LogP contribution in [-0.4, -0.2) is 28.7 Å². The molecule has 0 radical (unpaired) electrons. The summed E-state index contributed by atoms with van der Waals surface area (Å²) in [5.41, 5.74) is 0. The van der Waals surface area contributed by atoms with Crippen LogP contribution in [0.2, 0.25) is 5.15 Å². The molecule has 1 aromatic rings. The molecule has 0 bridgehead atoms. The van der Waals surface area contributed by atoms with Crippen LogP contribution >= 0.6 is 23.8 Å². The Morgan fingerprint density at radius 1 is 1.56 bits per heavy atom. The molecular weight excluding hydrogens is 248 g/mol. The van der Waals surface area contributed by atoms with Crippen LogP contribution in [0.25, 0.3) is 0 Å². The van der Waals surface area contributed by atoms with Gasteiger partial charge in [0.15, 0.2) is 5.11 Å². The highest BCUT2D eigenvalue weighted by Crippen LogP contribution is 2.15. The molecule has 0 unspecified atom stereocenters. The van der Waals surface area contributed by atoms with Crippen LogP contribution in [0, 0.1) is 0 Å². The maximum Gasteiger partial charge on any atom is 0.233 e. The molecule has 16 heavy (non-hydrogen) atoms. The minimum Gasteiger partial charge on any atom is -0.481 e. The molecule has 0 atom stereocenters. The third-order valence-corrected chi connectivity index (χ3v) is 2.08. The molecule has 2 N–H and O–H groups in total. The number of rotatable bonds is 4. The smallest absolute Gasteiger partial charge is 0.233 e. The van der Waals surface area contributed by atoms with Crippen molar-refractivity contribution in [3.05, 3.63) is 11.2 Å². The van der Waals surface area contributed by atoms with E-state index in [0.29, 0.717) is 22.1 Å². The fourth-order valence-corrected chi connectivity index (χ4v) is 1.31. The van der Waals surface area contributed by atoms with Crippen molar-refractivity contribution < 1.29 is 4.74 Å². The van der Waals surface area contributed by atoms with Crippen molar-refractivity contribution in [2.45, 2.75) is 13.3 Å². The molecule has 1 rings (SSSR count). The highest BCUT2D eigenvalue weighted by Gasteiger charge is 2.04. The SMILES string of the molecule is CCCNC(=S)Nc1nc(Cl)cc(OC)n1. The highest BCUT2D eigenvalue weighted by molar-refractivity contribution is 7.80. The lowest BCUT2D eigenvalue weighted by Crippen LogP contribution is -2.29. The normalized spacial score (nSPS) is 9.69. The molecule has 0 aliphatic carbocycles. The van der Waals surface area contributed by atoms with Gasteiger partial charge >= 0.3 is 0 Å². The number of aromatic nitrogens is 2. The summed E-state index contributed by atoms with van der Waals surface area (Å²) in [4.78, 5) is 8.01. The Labute approximate surface area is 105 Å². The summed E-state index contributed by atoms with van der Waals surface area (Å²) < 4.78 is 4.96. The first kappa shape index (κ1) is 12.9. The van der Waals surface area contributed by atoms with E-state index in [1.165, 1.54) is 13.2 Å². The second kappa shape index (κ2) is 6.44. The van der Waals surface area contributed by atoms with Gasteiger partial charge in [0.05, 0.1) is 7.11 Å². The fourth-order valence-electron chi connectivity index (χ4n) is 0.942. The number of hydrogen-bond acceptors (Lipinski definition) is 4. The first-order valence-corrected chi connectivity index (χ1v) is 5.57. The van der Waals surface area contributed by atoms with E-state index in [2.05, 4.69) is 27.5 Å². The van der Waals surface area contributed by atoms with Crippen molar-refractivity contribution in [1.82, 2.24) is 15.3 Å². The molecule has 0 fully saturated rings. The average molecular weight is 261 g/mol. The van der Waals surface area contributed by atoms with Crippen LogP contribution in [-0.2, 0) is 0 Å². The lowest BCUT2D eigenvalue weighted by atomic mass is 10.5. The quantitative estimate of drug-likeness (QED) is 0.636. The van der Waals surface area contributed by atoms with Crippen LogP contribution in [0.3, 0.4) is 0 Å². The predicted molar refractivity (Wildman–Crippen MR) is 68.1 cm³/mol. The van der Waals surface area contributed by atoms with Gasteiger partial charge in [-0.3, -0.25) is 0 Å². The van der Waals surface area contributed by atoms with Gasteiger partial charge < -0.3 is 15.4 Å². The Bertz CT molecular complexity index is 375. The van der Waals surface area contributed by atoms with E-state index in [1.807, 2.05) is 0 Å². The molecule has 1 heterocycles. The van der Waals surface area contributed by atoms with Crippen molar-refractivity contribution in [1.29, 1.82) is 0 Å². The van der Waals surface area contributed by atoms with Crippen molar-refractivity contribution in [2.75, 3.05) is 19.0 Å². The van der Waals surface area contributed by atoms with Gasteiger partial charge in [0.2, 0.25) is 11.8 Å². The molecule has 88 valence electrons. The zero-order chi connectivity index (χ0) is 12.0. The first-order valence-electron chi connectivity index (χ1n) is 4.79. The molecule has 0 saturated heterocycles. The Kier molecular flexibility index (Phi) is 5.21. The molecule has 7 heteroatoms. The van der Waals surface area contributed by atoms with Crippen molar-refractivity contribution in [3.8, 4) is 5.88 Å². The van der Waals surface area contributed by atoms with Gasteiger partial charge in [-0.25, -0.2) is 4.98 Å². The Balaban J connectivity index is 2.65. The van der Waals surface area contributed by atoms with Crippen LogP contribution in [0.15, 0.2) is 6.07 Å². The van der Waals surface area contributed by atoms with E-state index in [4.69, 9.17) is 28.6 Å². The lowest BCUT2D eigenvalue weighted by molar-refractivity contribution is 0.397. The van der Waals surface area contributed by atoms with Crippen molar-refractivity contribution in [3.63, 3.8) is 0 Å². The molecule has 1 aromatic heterocycles. The van der Waals surface area contributed by atoms with E-state index in [-0.39, 0.29) is 0 Å². The van der Waals surface area contributed by atoms with E-state index >= 15 is 0 Å². The number of halogens is 1. The van der Waals surface area contributed by atoms with Gasteiger partial charge in [0, 0.05) is 12.6 Å². The van der Waals surface area contributed by atoms with E-state index < -0.39 is 0 Å². The van der Waals surface area contributed by atoms with Gasteiger partial charge in [-0.1, -0.05) is 18.5 Å². The second-order valence-electron chi connectivity index (χ2n) is 2.94. The molecule has 0 aromatic carbocycles. The standard InChI is InChI=1S/C9H13ClN4OS/c1-3-4-11-9(16)14-8-12-6(10)5-7(13-8)15-2/h5H,3-4H2,1-2H3,(H2,11,12,13,14,16). The summed E-state index contributed by atoms with van der Waals surface area (Å²) in [6.45, 7) is 2.85. The van der Waals surface area contributed by atoms with Crippen LogP contribution in [0.5, 0.6) is 5.88 Å². The number of anilines is 1. The average Bonchev–Trinajstić information content (AvgIpc) is 2.25. The largest absolute Gasteiger partial charge is 0.481 e. The zero-order valence-corrected chi connectivity index (χ0v) is 10.7. The third kappa shape index (κ3) is 4.16. The van der Waals surface area contributed by atoms with E-state index in [9.17, 15) is 0 Å². The minimum atomic E-state index is 0.299. The number of hydrogen-bond donors (Lipinski definition) is 2. The number of nitrogens with zero attached hydrogens (tertiary/aromatic N) is 2. The highest BCUT2D eigenvalue weighted by atomic mass is 35.5. The minimum absolute atomic E-state index is 0.299. The Morgan fingerprint density at radius 3 is 2.94 bits per heavy atom. The number of methoxy groups -OCH3 is 1. The first-order chi connectivity index (χ1) is 7.65. The molecular formula is C9H13ClN4OS. The second-order valence-corrected chi connectivity index (χ2v) is 3.73. The summed E-state index contributed by atoms with van der Waals surface area (Å²) in [5.74, 6) is 0.707. The van der Waals surface area contributed by atoms with Crippen LogP contribution in [0.4, 0.5) is 5.95 Å². The monoisotopic (exact) mass is 260 g/mol.